The molecular formula is C18H21FN4. The molecule has 2 fully saturated rings. The van der Waals surface area contributed by atoms with Crippen molar-refractivity contribution in [1.29, 1.82) is 0 Å². The lowest BCUT2D eigenvalue weighted by Gasteiger charge is -2.18. The van der Waals surface area contributed by atoms with Crippen LogP contribution in [-0.2, 0) is 6.42 Å². The van der Waals surface area contributed by atoms with Gasteiger partial charge in [-0.05, 0) is 42.0 Å². The number of hydrogen-bond donors (Lipinski definition) is 2. The topological polar surface area (TPSA) is 68.2 Å². The van der Waals surface area contributed by atoms with E-state index in [0.717, 1.165) is 37.2 Å². The van der Waals surface area contributed by atoms with Gasteiger partial charge in [-0.25, -0.2) is 9.37 Å². The summed E-state index contributed by atoms with van der Waals surface area (Å²) in [6, 6.07) is 11.1. The van der Waals surface area contributed by atoms with Crippen molar-refractivity contribution in [2.24, 2.45) is 17.6 Å². The van der Waals surface area contributed by atoms with E-state index in [9.17, 15) is 4.39 Å². The van der Waals surface area contributed by atoms with Crippen LogP contribution in [-0.4, -0.2) is 35.6 Å². The molecule has 2 aromatic rings. The third-order valence-corrected chi connectivity index (χ3v) is 5.15. The van der Waals surface area contributed by atoms with Gasteiger partial charge in [0.2, 0.25) is 0 Å². The Labute approximate surface area is 135 Å². The number of nitrogen functional groups attached to an aromatic ring is 1. The van der Waals surface area contributed by atoms with E-state index in [0.29, 0.717) is 29.4 Å². The summed E-state index contributed by atoms with van der Waals surface area (Å²) in [4.78, 5) is 6.63. The van der Waals surface area contributed by atoms with Crippen molar-refractivity contribution < 1.29 is 4.39 Å². The third-order valence-electron chi connectivity index (χ3n) is 5.15. The van der Waals surface area contributed by atoms with Crippen molar-refractivity contribution in [1.82, 2.24) is 9.88 Å². The quantitative estimate of drug-likeness (QED) is 0.905. The predicted octanol–water partition coefficient (Wildman–Crippen LogP) is 1.90. The SMILES string of the molecule is Nc1cccc(-c2ccc(CCN3CC4C(N)C4C3)c(F)c2)n1. The Morgan fingerprint density at radius 1 is 1.17 bits per heavy atom. The first kappa shape index (κ1) is 14.6. The number of halogens is 1. The second kappa shape index (κ2) is 5.58. The molecule has 2 aliphatic rings. The van der Waals surface area contributed by atoms with Crippen LogP contribution < -0.4 is 11.5 Å². The molecule has 1 aromatic heterocycles. The molecule has 4 N–H and O–H groups in total. The summed E-state index contributed by atoms with van der Waals surface area (Å²) in [7, 11) is 0. The average molecular weight is 312 g/mol. The normalized spacial score (nSPS) is 26.3. The minimum Gasteiger partial charge on any atom is -0.384 e. The van der Waals surface area contributed by atoms with Gasteiger partial charge >= 0.3 is 0 Å². The standard InChI is InChI=1S/C18H21FN4/c19-15-8-12(16-2-1-3-17(20)22-16)5-4-11(15)6-7-23-9-13-14(10-23)18(13)21/h1-5,8,13-14,18H,6-7,9-10,21H2,(H2,20,22). The zero-order valence-electron chi connectivity index (χ0n) is 13.0. The highest BCUT2D eigenvalue weighted by atomic mass is 19.1. The number of fused-ring (bicyclic) bond motifs is 1. The molecule has 23 heavy (non-hydrogen) atoms. The summed E-state index contributed by atoms with van der Waals surface area (Å²) < 4.78 is 14.4. The number of nitrogens with zero attached hydrogens (tertiary/aromatic N) is 2. The third kappa shape index (κ3) is 2.82. The number of piperidine rings is 1. The molecule has 2 unspecified atom stereocenters. The van der Waals surface area contributed by atoms with Crippen molar-refractivity contribution in [3.63, 3.8) is 0 Å². The molecule has 2 heterocycles. The fourth-order valence-corrected chi connectivity index (χ4v) is 3.64. The maximum absolute atomic E-state index is 14.4. The van der Waals surface area contributed by atoms with E-state index in [4.69, 9.17) is 11.5 Å². The molecule has 0 bridgehead atoms. The zero-order chi connectivity index (χ0) is 16.0. The zero-order valence-corrected chi connectivity index (χ0v) is 13.0. The summed E-state index contributed by atoms with van der Waals surface area (Å²) in [5.41, 5.74) is 13.8. The molecule has 4 nitrogen and oxygen atoms in total. The molecule has 2 atom stereocenters. The molecule has 120 valence electrons. The number of nitrogens with two attached hydrogens (primary N) is 2. The summed E-state index contributed by atoms with van der Waals surface area (Å²) in [6.45, 7) is 3.03. The second-order valence-corrected chi connectivity index (χ2v) is 6.67. The highest BCUT2D eigenvalue weighted by Gasteiger charge is 2.53. The van der Waals surface area contributed by atoms with Crippen LogP contribution in [0.4, 0.5) is 10.2 Å². The summed E-state index contributed by atoms with van der Waals surface area (Å²) >= 11 is 0. The van der Waals surface area contributed by atoms with E-state index >= 15 is 0 Å². The molecule has 0 radical (unpaired) electrons. The van der Waals surface area contributed by atoms with Crippen molar-refractivity contribution >= 4 is 5.82 Å². The number of anilines is 1. The molecule has 1 aliphatic carbocycles. The first-order valence-electron chi connectivity index (χ1n) is 8.11. The fraction of sp³-hybridized carbons (Fsp3) is 0.389. The van der Waals surface area contributed by atoms with Crippen LogP contribution in [0.25, 0.3) is 11.3 Å². The number of rotatable bonds is 4. The minimum absolute atomic E-state index is 0.173. The Kier molecular flexibility index (Phi) is 3.54. The molecule has 1 aliphatic heterocycles. The van der Waals surface area contributed by atoms with Crippen LogP contribution >= 0.6 is 0 Å². The molecule has 1 saturated carbocycles. The van der Waals surface area contributed by atoms with Gasteiger partial charge in [0.15, 0.2) is 0 Å². The Morgan fingerprint density at radius 3 is 2.65 bits per heavy atom. The average Bonchev–Trinajstić information content (AvgIpc) is 2.97. The molecule has 1 saturated heterocycles. The minimum atomic E-state index is -0.173. The summed E-state index contributed by atoms with van der Waals surface area (Å²) in [6.07, 6.45) is 0.727. The van der Waals surface area contributed by atoms with Gasteiger partial charge in [-0.1, -0.05) is 18.2 Å². The lowest BCUT2D eigenvalue weighted by atomic mass is 10.1. The largest absolute Gasteiger partial charge is 0.384 e. The van der Waals surface area contributed by atoms with Gasteiger partial charge in [0.25, 0.3) is 0 Å². The summed E-state index contributed by atoms with van der Waals surface area (Å²) in [5.74, 6) is 1.62. The van der Waals surface area contributed by atoms with Gasteiger partial charge in [0, 0.05) is 31.2 Å². The molecular weight excluding hydrogens is 291 g/mol. The van der Waals surface area contributed by atoms with Gasteiger partial charge in [0.05, 0.1) is 5.69 Å². The number of likely N-dealkylation sites (tertiary alicyclic amines) is 1. The monoisotopic (exact) mass is 312 g/mol. The van der Waals surface area contributed by atoms with E-state index in [1.807, 2.05) is 24.3 Å². The van der Waals surface area contributed by atoms with Gasteiger partial charge in [0.1, 0.15) is 11.6 Å². The van der Waals surface area contributed by atoms with E-state index < -0.39 is 0 Å². The highest BCUT2D eigenvalue weighted by molar-refractivity contribution is 5.61. The molecule has 1 aromatic carbocycles. The predicted molar refractivity (Wildman–Crippen MR) is 89.1 cm³/mol. The van der Waals surface area contributed by atoms with Crippen LogP contribution in [0, 0.1) is 17.7 Å². The fourth-order valence-electron chi connectivity index (χ4n) is 3.64. The van der Waals surface area contributed by atoms with Gasteiger partial charge < -0.3 is 16.4 Å². The molecule has 0 spiro atoms. The van der Waals surface area contributed by atoms with E-state index in [1.54, 1.807) is 12.1 Å². The lowest BCUT2D eigenvalue weighted by Crippen LogP contribution is -2.30. The van der Waals surface area contributed by atoms with Crippen molar-refractivity contribution in [3.8, 4) is 11.3 Å². The lowest BCUT2D eigenvalue weighted by molar-refractivity contribution is 0.300. The Bertz CT molecular complexity index is 721. The Balaban J connectivity index is 1.42. The maximum atomic E-state index is 14.4. The van der Waals surface area contributed by atoms with Crippen molar-refractivity contribution in [2.45, 2.75) is 12.5 Å². The molecule has 0 amide bonds. The smallest absolute Gasteiger partial charge is 0.127 e. The van der Waals surface area contributed by atoms with Crippen molar-refractivity contribution in [2.75, 3.05) is 25.4 Å². The van der Waals surface area contributed by atoms with E-state index in [1.165, 1.54) is 0 Å². The van der Waals surface area contributed by atoms with Gasteiger partial charge in [-0.2, -0.15) is 0 Å². The van der Waals surface area contributed by atoms with Crippen LogP contribution in [0.15, 0.2) is 36.4 Å². The first-order valence-corrected chi connectivity index (χ1v) is 8.11. The highest BCUT2D eigenvalue weighted by Crippen LogP contribution is 2.43. The van der Waals surface area contributed by atoms with Crippen LogP contribution in [0.5, 0.6) is 0 Å². The van der Waals surface area contributed by atoms with Crippen LogP contribution in [0.2, 0.25) is 0 Å². The number of benzene rings is 1. The van der Waals surface area contributed by atoms with Crippen molar-refractivity contribution in [3.05, 3.63) is 47.8 Å². The van der Waals surface area contributed by atoms with Crippen LogP contribution in [0.3, 0.4) is 0 Å². The van der Waals surface area contributed by atoms with E-state index in [-0.39, 0.29) is 5.82 Å². The molecule has 5 heteroatoms. The number of pyridine rings is 1. The Hall–Kier alpha value is -1.98. The summed E-state index contributed by atoms with van der Waals surface area (Å²) in [5, 5.41) is 0. The first-order chi connectivity index (χ1) is 11.1. The number of aromatic nitrogens is 1. The van der Waals surface area contributed by atoms with E-state index in [2.05, 4.69) is 9.88 Å². The van der Waals surface area contributed by atoms with Gasteiger partial charge in [-0.3, -0.25) is 0 Å². The van der Waals surface area contributed by atoms with Crippen LogP contribution in [0.1, 0.15) is 5.56 Å². The Morgan fingerprint density at radius 2 is 1.96 bits per heavy atom. The number of hydrogen-bond acceptors (Lipinski definition) is 4. The van der Waals surface area contributed by atoms with Gasteiger partial charge in [-0.15, -0.1) is 0 Å². The maximum Gasteiger partial charge on any atom is 0.127 e. The second-order valence-electron chi connectivity index (χ2n) is 6.67. The molecule has 4 rings (SSSR count).